The minimum Gasteiger partial charge on any atom is -0.274 e. The lowest BCUT2D eigenvalue weighted by Crippen LogP contribution is -2.40. The first-order valence-corrected chi connectivity index (χ1v) is 3.98. The first-order chi connectivity index (χ1) is 6.50. The molecule has 1 aromatic carbocycles. The van der Waals surface area contributed by atoms with Gasteiger partial charge in [-0.15, -0.1) is 25.6 Å². The van der Waals surface area contributed by atoms with Gasteiger partial charge in [-0.05, 0) is 11.6 Å². The molecule has 0 saturated heterocycles. The van der Waals surface area contributed by atoms with Crippen molar-refractivity contribution in [3.05, 3.63) is 29.8 Å². The standard InChI is InChI=1S/C9H6F3NO.ClH/c10-9(11,12)13-7-4-2-1-3-6(7)5-8(13)14;/h1-4H,5H2;1H. The molecule has 0 unspecified atom stereocenters. The third kappa shape index (κ3) is 1.92. The van der Waals surface area contributed by atoms with Gasteiger partial charge in [-0.1, -0.05) is 18.2 Å². The van der Waals surface area contributed by atoms with Crippen molar-refractivity contribution in [2.45, 2.75) is 12.7 Å². The molecule has 0 aliphatic carbocycles. The van der Waals surface area contributed by atoms with Crippen molar-refractivity contribution < 1.29 is 18.0 Å². The van der Waals surface area contributed by atoms with Crippen LogP contribution in [0.1, 0.15) is 5.56 Å². The summed E-state index contributed by atoms with van der Waals surface area (Å²) in [5, 5.41) is 0. The average molecular weight is 238 g/mol. The Balaban J connectivity index is 0.00000112. The molecule has 0 bridgehead atoms. The van der Waals surface area contributed by atoms with Gasteiger partial charge in [0.25, 0.3) is 0 Å². The summed E-state index contributed by atoms with van der Waals surface area (Å²) in [7, 11) is 0. The second-order valence-corrected chi connectivity index (χ2v) is 3.00. The molecule has 1 aliphatic rings. The summed E-state index contributed by atoms with van der Waals surface area (Å²) >= 11 is 0. The number of benzene rings is 1. The maximum Gasteiger partial charge on any atom is 0.491 e. The lowest BCUT2D eigenvalue weighted by Gasteiger charge is -2.19. The SMILES string of the molecule is Cl.O=C1Cc2ccccc2N1C(F)(F)F. The van der Waals surface area contributed by atoms with Crippen molar-refractivity contribution in [1.29, 1.82) is 0 Å². The predicted molar refractivity (Wildman–Crippen MR) is 50.9 cm³/mol. The van der Waals surface area contributed by atoms with E-state index in [2.05, 4.69) is 0 Å². The van der Waals surface area contributed by atoms with Gasteiger partial charge in [0.2, 0.25) is 5.91 Å². The second kappa shape index (κ2) is 3.73. The van der Waals surface area contributed by atoms with Crippen molar-refractivity contribution in [1.82, 2.24) is 0 Å². The maximum absolute atomic E-state index is 12.4. The Morgan fingerprint density at radius 2 is 1.80 bits per heavy atom. The van der Waals surface area contributed by atoms with Gasteiger partial charge in [0.15, 0.2) is 0 Å². The van der Waals surface area contributed by atoms with Gasteiger partial charge in [-0.3, -0.25) is 4.79 Å². The number of rotatable bonds is 0. The van der Waals surface area contributed by atoms with Crippen LogP contribution in [0.25, 0.3) is 0 Å². The van der Waals surface area contributed by atoms with Crippen LogP contribution in [0.15, 0.2) is 24.3 Å². The first kappa shape index (κ1) is 11.8. The fraction of sp³-hybridized carbons (Fsp3) is 0.222. The minimum atomic E-state index is -4.62. The zero-order chi connectivity index (χ0) is 10.3. The van der Waals surface area contributed by atoms with Crippen LogP contribution in [-0.4, -0.2) is 12.2 Å². The van der Waals surface area contributed by atoms with Gasteiger partial charge < -0.3 is 0 Å². The molecule has 0 aromatic heterocycles. The van der Waals surface area contributed by atoms with Crippen LogP contribution < -0.4 is 4.90 Å². The van der Waals surface area contributed by atoms with Crippen LogP contribution in [0.2, 0.25) is 0 Å². The van der Waals surface area contributed by atoms with Crippen LogP contribution in [0.5, 0.6) is 0 Å². The molecule has 82 valence electrons. The Bertz CT molecular complexity index is 391. The number of amides is 1. The highest BCUT2D eigenvalue weighted by Crippen LogP contribution is 2.36. The van der Waals surface area contributed by atoms with Crippen LogP contribution in [0.4, 0.5) is 18.9 Å². The Labute approximate surface area is 90.1 Å². The van der Waals surface area contributed by atoms with Crippen LogP contribution in [0.3, 0.4) is 0 Å². The molecule has 0 saturated carbocycles. The number of hydrogen-bond acceptors (Lipinski definition) is 1. The molecule has 1 aromatic rings. The number of carbonyl (C=O) groups is 1. The zero-order valence-electron chi connectivity index (χ0n) is 7.41. The van der Waals surface area contributed by atoms with Crippen molar-refractivity contribution in [3.63, 3.8) is 0 Å². The highest BCUT2D eigenvalue weighted by Gasteiger charge is 2.46. The Morgan fingerprint density at radius 1 is 1.20 bits per heavy atom. The number of nitrogens with zero attached hydrogens (tertiary/aromatic N) is 1. The molecular formula is C9H7ClF3NO. The average Bonchev–Trinajstić information content (AvgIpc) is 2.38. The normalized spacial score (nSPS) is 14.9. The van der Waals surface area contributed by atoms with Crippen LogP contribution >= 0.6 is 12.4 Å². The van der Waals surface area contributed by atoms with Crippen molar-refractivity contribution in [3.8, 4) is 0 Å². The molecule has 15 heavy (non-hydrogen) atoms. The fourth-order valence-corrected chi connectivity index (χ4v) is 1.53. The van der Waals surface area contributed by atoms with E-state index in [4.69, 9.17) is 0 Å². The van der Waals surface area contributed by atoms with E-state index in [1.807, 2.05) is 0 Å². The van der Waals surface area contributed by atoms with Gasteiger partial charge in [-0.2, -0.15) is 0 Å². The third-order valence-corrected chi connectivity index (χ3v) is 2.08. The molecule has 2 rings (SSSR count). The summed E-state index contributed by atoms with van der Waals surface area (Å²) in [6, 6.07) is 5.93. The van der Waals surface area contributed by atoms with E-state index in [0.29, 0.717) is 5.56 Å². The first-order valence-electron chi connectivity index (χ1n) is 3.98. The van der Waals surface area contributed by atoms with Crippen molar-refractivity contribution in [2.24, 2.45) is 0 Å². The van der Waals surface area contributed by atoms with Crippen LogP contribution in [0, 0.1) is 0 Å². The van der Waals surface area contributed by atoms with E-state index in [9.17, 15) is 18.0 Å². The van der Waals surface area contributed by atoms with E-state index < -0.39 is 12.2 Å². The number of hydrogen-bond donors (Lipinski definition) is 0. The zero-order valence-corrected chi connectivity index (χ0v) is 8.23. The molecule has 1 amide bonds. The summed E-state index contributed by atoms with van der Waals surface area (Å²) in [5.74, 6) is -0.918. The quantitative estimate of drug-likeness (QED) is 0.635. The summed E-state index contributed by atoms with van der Waals surface area (Å²) in [5.41, 5.74) is 0.375. The smallest absolute Gasteiger partial charge is 0.274 e. The highest BCUT2D eigenvalue weighted by atomic mass is 35.5. The minimum absolute atomic E-state index is 0. The summed E-state index contributed by atoms with van der Waals surface area (Å²) < 4.78 is 37.2. The monoisotopic (exact) mass is 237 g/mol. The largest absolute Gasteiger partial charge is 0.491 e. The van der Waals surface area contributed by atoms with E-state index in [1.54, 1.807) is 6.07 Å². The van der Waals surface area contributed by atoms with Gasteiger partial charge in [-0.25, -0.2) is 4.90 Å². The molecule has 0 spiro atoms. The lowest BCUT2D eigenvalue weighted by atomic mass is 10.2. The molecule has 1 aliphatic heterocycles. The topological polar surface area (TPSA) is 20.3 Å². The van der Waals surface area contributed by atoms with E-state index in [0.717, 1.165) is 0 Å². The predicted octanol–water partition coefficient (Wildman–Crippen LogP) is 2.52. The van der Waals surface area contributed by atoms with Gasteiger partial charge >= 0.3 is 6.30 Å². The third-order valence-electron chi connectivity index (χ3n) is 2.08. The van der Waals surface area contributed by atoms with Gasteiger partial charge in [0, 0.05) is 0 Å². The summed E-state index contributed by atoms with van der Waals surface area (Å²) in [4.78, 5) is 11.0. The van der Waals surface area contributed by atoms with Gasteiger partial charge in [0.1, 0.15) is 0 Å². The number of carbonyl (C=O) groups excluding carboxylic acids is 1. The molecule has 0 radical (unpaired) electrons. The van der Waals surface area contributed by atoms with E-state index in [-0.39, 0.29) is 29.4 Å². The molecule has 0 fully saturated rings. The summed E-state index contributed by atoms with van der Waals surface area (Å²) in [6.07, 6.45) is -4.79. The Kier molecular flexibility index (Phi) is 2.95. The molecule has 0 atom stereocenters. The number of fused-ring (bicyclic) bond motifs is 1. The Morgan fingerprint density at radius 3 is 2.40 bits per heavy atom. The molecule has 0 N–H and O–H groups in total. The maximum atomic E-state index is 12.4. The Hall–Kier alpha value is -1.23. The number of anilines is 1. The molecular weight excluding hydrogens is 231 g/mol. The van der Waals surface area contributed by atoms with Gasteiger partial charge in [0.05, 0.1) is 12.1 Å². The molecule has 1 heterocycles. The number of halogens is 4. The molecule has 6 heteroatoms. The van der Waals surface area contributed by atoms with Crippen molar-refractivity contribution >= 4 is 24.0 Å². The summed E-state index contributed by atoms with van der Waals surface area (Å²) in [6.45, 7) is 0. The van der Waals surface area contributed by atoms with Crippen molar-refractivity contribution in [2.75, 3.05) is 4.90 Å². The fourth-order valence-electron chi connectivity index (χ4n) is 1.53. The van der Waals surface area contributed by atoms with E-state index >= 15 is 0 Å². The number of para-hydroxylation sites is 1. The highest BCUT2D eigenvalue weighted by molar-refractivity contribution is 6.01. The second-order valence-electron chi connectivity index (χ2n) is 3.00. The van der Waals surface area contributed by atoms with Crippen LogP contribution in [-0.2, 0) is 11.2 Å². The molecule has 2 nitrogen and oxygen atoms in total. The van der Waals surface area contributed by atoms with E-state index in [1.165, 1.54) is 18.2 Å². The number of alkyl halides is 3. The lowest BCUT2D eigenvalue weighted by molar-refractivity contribution is -0.148.